The van der Waals surface area contributed by atoms with Crippen molar-refractivity contribution in [3.63, 3.8) is 0 Å². The first kappa shape index (κ1) is 25.2. The summed E-state index contributed by atoms with van der Waals surface area (Å²) in [6.07, 6.45) is 0.704. The molecule has 1 aliphatic rings. The third-order valence-corrected chi connectivity index (χ3v) is 8.12. The van der Waals surface area contributed by atoms with Gasteiger partial charge in [0.15, 0.2) is 0 Å². The molecule has 1 amide bonds. The molecule has 0 aromatic heterocycles. The zero-order chi connectivity index (χ0) is 25.0. The minimum absolute atomic E-state index is 0.0262. The number of fused-ring (bicyclic) bond motifs is 1. The van der Waals surface area contributed by atoms with Crippen LogP contribution in [0.15, 0.2) is 77.7 Å². The minimum atomic E-state index is -3.82. The number of hydrogen-bond donors (Lipinski definition) is 1. The van der Waals surface area contributed by atoms with Crippen LogP contribution in [0.25, 0.3) is 0 Å². The van der Waals surface area contributed by atoms with Crippen molar-refractivity contribution in [1.29, 1.82) is 0 Å². The second kappa shape index (κ2) is 10.8. The third-order valence-electron chi connectivity index (χ3n) is 5.95. The molecular formula is C27H29ClN2O4S. The van der Waals surface area contributed by atoms with Crippen LogP contribution in [-0.2, 0) is 27.8 Å². The van der Waals surface area contributed by atoms with Crippen LogP contribution in [0.3, 0.4) is 0 Å². The fourth-order valence-electron chi connectivity index (χ4n) is 4.28. The van der Waals surface area contributed by atoms with E-state index in [9.17, 15) is 13.2 Å². The highest BCUT2D eigenvalue weighted by molar-refractivity contribution is 7.89. The van der Waals surface area contributed by atoms with E-state index in [1.54, 1.807) is 12.1 Å². The highest BCUT2D eigenvalue weighted by atomic mass is 35.5. The first-order valence-electron chi connectivity index (χ1n) is 11.6. The lowest BCUT2D eigenvalue weighted by Crippen LogP contribution is -2.42. The van der Waals surface area contributed by atoms with Gasteiger partial charge >= 0.3 is 0 Å². The van der Waals surface area contributed by atoms with Crippen LogP contribution in [0.4, 0.5) is 0 Å². The van der Waals surface area contributed by atoms with E-state index in [1.165, 1.54) is 16.4 Å². The largest absolute Gasteiger partial charge is 0.491 e. The quantitative estimate of drug-likeness (QED) is 0.454. The molecule has 6 nitrogen and oxygen atoms in total. The van der Waals surface area contributed by atoms with Crippen LogP contribution in [0, 0.1) is 0 Å². The lowest BCUT2D eigenvalue weighted by Gasteiger charge is -2.36. The van der Waals surface area contributed by atoms with Crippen molar-refractivity contribution in [2.24, 2.45) is 0 Å². The normalized spacial score (nSPS) is 16.1. The van der Waals surface area contributed by atoms with E-state index in [2.05, 4.69) is 5.32 Å². The molecule has 3 aromatic carbocycles. The summed E-state index contributed by atoms with van der Waals surface area (Å²) in [7, 11) is -3.82. The van der Waals surface area contributed by atoms with Crippen LogP contribution >= 0.6 is 11.6 Å². The van der Waals surface area contributed by atoms with Gasteiger partial charge in [0.2, 0.25) is 15.9 Å². The monoisotopic (exact) mass is 512 g/mol. The van der Waals surface area contributed by atoms with Gasteiger partial charge in [-0.15, -0.1) is 0 Å². The first-order chi connectivity index (χ1) is 16.7. The Morgan fingerprint density at radius 1 is 1.06 bits per heavy atom. The van der Waals surface area contributed by atoms with Gasteiger partial charge in [-0.2, -0.15) is 4.31 Å². The van der Waals surface area contributed by atoms with Gasteiger partial charge in [-0.3, -0.25) is 4.79 Å². The van der Waals surface area contributed by atoms with Crippen molar-refractivity contribution in [1.82, 2.24) is 9.62 Å². The molecule has 0 saturated heterocycles. The molecule has 0 aliphatic carbocycles. The number of sulfonamides is 1. The Morgan fingerprint density at radius 3 is 2.43 bits per heavy atom. The van der Waals surface area contributed by atoms with Gasteiger partial charge in [0, 0.05) is 24.5 Å². The van der Waals surface area contributed by atoms with Gasteiger partial charge in [0.25, 0.3) is 0 Å². The van der Waals surface area contributed by atoms with Crippen molar-refractivity contribution in [2.75, 3.05) is 6.54 Å². The van der Waals surface area contributed by atoms with Crippen molar-refractivity contribution in [2.45, 2.75) is 50.3 Å². The minimum Gasteiger partial charge on any atom is -0.491 e. The van der Waals surface area contributed by atoms with Crippen LogP contribution < -0.4 is 10.1 Å². The number of carbonyl (C=O) groups is 1. The van der Waals surface area contributed by atoms with Crippen molar-refractivity contribution < 1.29 is 17.9 Å². The van der Waals surface area contributed by atoms with Gasteiger partial charge in [-0.1, -0.05) is 48.0 Å². The maximum Gasteiger partial charge on any atom is 0.243 e. The van der Waals surface area contributed by atoms with E-state index in [0.717, 1.165) is 22.4 Å². The van der Waals surface area contributed by atoms with Crippen LogP contribution in [0.1, 0.15) is 43.0 Å². The summed E-state index contributed by atoms with van der Waals surface area (Å²) in [5, 5.41) is 3.40. The second-order valence-corrected chi connectivity index (χ2v) is 11.2. The molecular weight excluding hydrogens is 484 g/mol. The van der Waals surface area contributed by atoms with Gasteiger partial charge < -0.3 is 10.1 Å². The SMILES string of the molecule is CC(C)Oc1ccc(CNC(=O)CC2c3ccccc3CCN2S(=O)(=O)c2ccc(Cl)cc2)cc1. The Morgan fingerprint density at radius 2 is 1.74 bits per heavy atom. The molecule has 1 N–H and O–H groups in total. The summed E-state index contributed by atoms with van der Waals surface area (Å²) in [5.74, 6) is 0.558. The predicted molar refractivity (Wildman–Crippen MR) is 137 cm³/mol. The zero-order valence-electron chi connectivity index (χ0n) is 19.8. The topological polar surface area (TPSA) is 75.7 Å². The molecule has 1 atom stereocenters. The lowest BCUT2D eigenvalue weighted by molar-refractivity contribution is -0.122. The molecule has 35 heavy (non-hydrogen) atoms. The molecule has 1 unspecified atom stereocenters. The molecule has 1 aliphatic heterocycles. The Kier molecular flexibility index (Phi) is 7.79. The number of carbonyl (C=O) groups excluding carboxylic acids is 1. The fraction of sp³-hybridized carbons (Fsp3) is 0.296. The molecule has 0 bridgehead atoms. The summed E-state index contributed by atoms with van der Waals surface area (Å²) >= 11 is 5.96. The Hall–Kier alpha value is -2.87. The number of halogens is 1. The maximum absolute atomic E-state index is 13.5. The highest BCUT2D eigenvalue weighted by Crippen LogP contribution is 2.36. The summed E-state index contributed by atoms with van der Waals surface area (Å²) < 4.78 is 34.2. The van der Waals surface area contributed by atoms with Crippen molar-refractivity contribution >= 4 is 27.5 Å². The second-order valence-electron chi connectivity index (χ2n) is 8.83. The molecule has 0 saturated carbocycles. The molecule has 184 valence electrons. The Balaban J connectivity index is 1.51. The number of benzene rings is 3. The number of hydrogen-bond acceptors (Lipinski definition) is 4. The van der Waals surface area contributed by atoms with Crippen molar-refractivity contribution in [3.8, 4) is 5.75 Å². The molecule has 3 aromatic rings. The number of amides is 1. The van der Waals surface area contributed by atoms with E-state index >= 15 is 0 Å². The van der Waals surface area contributed by atoms with Gasteiger partial charge in [0.1, 0.15) is 5.75 Å². The molecule has 4 rings (SSSR count). The summed E-state index contributed by atoms with van der Waals surface area (Å²) in [6, 6.07) is 20.8. The van der Waals surface area contributed by atoms with E-state index in [-0.39, 0.29) is 23.3 Å². The molecule has 0 spiro atoms. The first-order valence-corrected chi connectivity index (χ1v) is 13.4. The summed E-state index contributed by atoms with van der Waals surface area (Å²) in [4.78, 5) is 13.1. The molecule has 0 radical (unpaired) electrons. The summed E-state index contributed by atoms with van der Waals surface area (Å²) in [6.45, 7) is 4.58. The number of rotatable bonds is 8. The highest BCUT2D eigenvalue weighted by Gasteiger charge is 2.37. The van der Waals surface area contributed by atoms with Crippen LogP contribution in [-0.4, -0.2) is 31.3 Å². The maximum atomic E-state index is 13.5. The predicted octanol–water partition coefficient (Wildman–Crippen LogP) is 5.12. The van der Waals surface area contributed by atoms with E-state index < -0.39 is 16.1 Å². The zero-order valence-corrected chi connectivity index (χ0v) is 21.4. The number of nitrogens with one attached hydrogen (secondary N) is 1. The molecule has 1 heterocycles. The Labute approximate surface area is 211 Å². The summed E-state index contributed by atoms with van der Waals surface area (Å²) in [5.41, 5.74) is 2.86. The fourth-order valence-corrected chi connectivity index (χ4v) is 6.01. The number of ether oxygens (including phenoxy) is 1. The Bertz CT molecular complexity index is 1280. The van der Waals surface area contributed by atoms with Crippen molar-refractivity contribution in [3.05, 3.63) is 94.5 Å². The molecule has 8 heteroatoms. The smallest absolute Gasteiger partial charge is 0.243 e. The average molecular weight is 513 g/mol. The van der Waals surface area contributed by atoms with Crippen LogP contribution in [0.2, 0.25) is 5.02 Å². The lowest BCUT2D eigenvalue weighted by atomic mass is 9.92. The van der Waals surface area contributed by atoms with Gasteiger partial charge in [-0.05, 0) is 73.4 Å². The van der Waals surface area contributed by atoms with Crippen LogP contribution in [0.5, 0.6) is 5.75 Å². The third kappa shape index (κ3) is 6.04. The molecule has 0 fully saturated rings. The van der Waals surface area contributed by atoms with E-state index in [1.807, 2.05) is 62.4 Å². The van der Waals surface area contributed by atoms with Gasteiger partial charge in [-0.25, -0.2) is 8.42 Å². The standard InChI is InChI=1S/C27H29ClN2O4S/c1-19(2)34-23-11-7-20(8-12-23)18-29-27(31)17-26-25-6-4-3-5-21(25)15-16-30(26)35(32,33)24-13-9-22(28)10-14-24/h3-14,19,26H,15-18H2,1-2H3,(H,29,31). The van der Waals surface area contributed by atoms with Gasteiger partial charge in [0.05, 0.1) is 17.0 Å². The van der Waals surface area contributed by atoms with E-state index in [0.29, 0.717) is 24.5 Å². The number of nitrogens with zero attached hydrogens (tertiary/aromatic N) is 1. The average Bonchev–Trinajstić information content (AvgIpc) is 2.83. The van der Waals surface area contributed by atoms with E-state index in [4.69, 9.17) is 16.3 Å².